The number of rotatable bonds is 5. The molecule has 0 aliphatic rings. The summed E-state index contributed by atoms with van der Waals surface area (Å²) in [6.07, 6.45) is 2.07. The largest absolute Gasteiger partial charge is 0.357 e. The van der Waals surface area contributed by atoms with Crippen LogP contribution in [0.25, 0.3) is 0 Å². The van der Waals surface area contributed by atoms with Crippen LogP contribution in [0.5, 0.6) is 0 Å². The summed E-state index contributed by atoms with van der Waals surface area (Å²) in [6, 6.07) is 12.6. The normalized spacial score (nSPS) is 11.5. The van der Waals surface area contributed by atoms with Gasteiger partial charge < -0.3 is 14.8 Å². The summed E-state index contributed by atoms with van der Waals surface area (Å²) in [5, 5.41) is 3.37. The molecule has 0 aliphatic heterocycles. The van der Waals surface area contributed by atoms with Crippen molar-refractivity contribution in [3.63, 3.8) is 0 Å². The molecule has 1 aromatic heterocycles. The lowest BCUT2D eigenvalue weighted by atomic mass is 10.1. The van der Waals surface area contributed by atoms with Crippen molar-refractivity contribution in [3.05, 3.63) is 59.4 Å². The van der Waals surface area contributed by atoms with E-state index in [4.69, 9.17) is 4.99 Å². The van der Waals surface area contributed by atoms with E-state index in [-0.39, 0.29) is 0 Å². The average molecular weight is 298 g/mol. The highest BCUT2D eigenvalue weighted by atomic mass is 15.3. The first kappa shape index (κ1) is 16.1. The SMILES string of the molecule is CCNC(=NCc1ccccc1C)N(C)Cc1cccn1C. The lowest BCUT2D eigenvalue weighted by Gasteiger charge is -2.22. The van der Waals surface area contributed by atoms with Crippen molar-refractivity contribution in [2.75, 3.05) is 13.6 Å². The van der Waals surface area contributed by atoms with Gasteiger partial charge in [-0.2, -0.15) is 0 Å². The zero-order valence-corrected chi connectivity index (χ0v) is 14.0. The Bertz CT molecular complexity index is 628. The van der Waals surface area contributed by atoms with Crippen molar-refractivity contribution in [2.24, 2.45) is 12.0 Å². The van der Waals surface area contributed by atoms with E-state index in [0.29, 0.717) is 6.54 Å². The highest BCUT2D eigenvalue weighted by molar-refractivity contribution is 5.79. The Morgan fingerprint density at radius 3 is 2.64 bits per heavy atom. The maximum atomic E-state index is 4.78. The third-order valence-corrected chi connectivity index (χ3v) is 3.81. The van der Waals surface area contributed by atoms with Crippen LogP contribution >= 0.6 is 0 Å². The highest BCUT2D eigenvalue weighted by Crippen LogP contribution is 2.09. The Balaban J connectivity index is 2.09. The van der Waals surface area contributed by atoms with E-state index >= 15 is 0 Å². The minimum Gasteiger partial charge on any atom is -0.357 e. The van der Waals surface area contributed by atoms with Crippen molar-refractivity contribution < 1.29 is 0 Å². The fourth-order valence-corrected chi connectivity index (χ4v) is 2.40. The molecule has 1 N–H and O–H groups in total. The summed E-state index contributed by atoms with van der Waals surface area (Å²) in [5.41, 5.74) is 3.82. The molecule has 0 atom stereocenters. The van der Waals surface area contributed by atoms with Gasteiger partial charge in [-0.1, -0.05) is 24.3 Å². The first-order valence-corrected chi connectivity index (χ1v) is 7.76. The van der Waals surface area contributed by atoms with Crippen molar-refractivity contribution in [3.8, 4) is 0 Å². The van der Waals surface area contributed by atoms with Crippen LogP contribution in [-0.2, 0) is 20.1 Å². The van der Waals surface area contributed by atoms with E-state index in [2.05, 4.69) is 85.3 Å². The predicted molar refractivity (Wildman–Crippen MR) is 92.9 cm³/mol. The second kappa shape index (κ2) is 7.69. The van der Waals surface area contributed by atoms with E-state index in [1.165, 1.54) is 16.8 Å². The number of nitrogens with one attached hydrogen (secondary N) is 1. The number of aliphatic imine (C=N–C) groups is 1. The monoisotopic (exact) mass is 298 g/mol. The highest BCUT2D eigenvalue weighted by Gasteiger charge is 2.08. The second-order valence-electron chi connectivity index (χ2n) is 5.56. The zero-order valence-electron chi connectivity index (χ0n) is 14.0. The Morgan fingerprint density at radius 2 is 2.00 bits per heavy atom. The number of nitrogens with zero attached hydrogens (tertiary/aromatic N) is 3. The summed E-state index contributed by atoms with van der Waals surface area (Å²) >= 11 is 0. The fraction of sp³-hybridized carbons (Fsp3) is 0.389. The van der Waals surface area contributed by atoms with Crippen LogP contribution in [-0.4, -0.2) is 29.0 Å². The molecule has 0 saturated carbocycles. The maximum Gasteiger partial charge on any atom is 0.194 e. The molecule has 0 aliphatic carbocycles. The molecule has 0 fully saturated rings. The molecule has 0 unspecified atom stereocenters. The average Bonchev–Trinajstić information content (AvgIpc) is 2.90. The van der Waals surface area contributed by atoms with Gasteiger partial charge in [-0.05, 0) is 37.1 Å². The van der Waals surface area contributed by atoms with Gasteiger partial charge in [-0.25, -0.2) is 4.99 Å². The maximum absolute atomic E-state index is 4.78. The molecule has 1 heterocycles. The van der Waals surface area contributed by atoms with E-state index in [1.54, 1.807) is 0 Å². The minimum atomic E-state index is 0.701. The van der Waals surface area contributed by atoms with E-state index in [9.17, 15) is 0 Å². The van der Waals surface area contributed by atoms with E-state index < -0.39 is 0 Å². The van der Waals surface area contributed by atoms with Gasteiger partial charge in [0.1, 0.15) is 0 Å². The smallest absolute Gasteiger partial charge is 0.194 e. The summed E-state index contributed by atoms with van der Waals surface area (Å²) in [6.45, 7) is 6.63. The molecule has 118 valence electrons. The van der Waals surface area contributed by atoms with Crippen LogP contribution in [0, 0.1) is 6.92 Å². The second-order valence-corrected chi connectivity index (χ2v) is 5.56. The lowest BCUT2D eigenvalue weighted by molar-refractivity contribution is 0.462. The third kappa shape index (κ3) is 4.13. The molecule has 0 amide bonds. The Morgan fingerprint density at radius 1 is 1.23 bits per heavy atom. The summed E-state index contributed by atoms with van der Waals surface area (Å²) in [5.74, 6) is 0.937. The Hall–Kier alpha value is -2.23. The van der Waals surface area contributed by atoms with Gasteiger partial charge in [0.25, 0.3) is 0 Å². The summed E-state index contributed by atoms with van der Waals surface area (Å²) < 4.78 is 2.14. The molecular weight excluding hydrogens is 272 g/mol. The van der Waals surface area contributed by atoms with Crippen molar-refractivity contribution in [2.45, 2.75) is 26.9 Å². The molecule has 0 spiro atoms. The molecular formula is C18H26N4. The number of hydrogen-bond donors (Lipinski definition) is 1. The predicted octanol–water partition coefficient (Wildman–Crippen LogP) is 2.93. The molecule has 0 radical (unpaired) electrons. The van der Waals surface area contributed by atoms with Crippen molar-refractivity contribution in [1.29, 1.82) is 0 Å². The van der Waals surface area contributed by atoms with Gasteiger partial charge in [0, 0.05) is 32.5 Å². The van der Waals surface area contributed by atoms with Crippen LogP contribution < -0.4 is 5.32 Å². The number of benzene rings is 1. The number of hydrogen-bond acceptors (Lipinski definition) is 1. The number of guanidine groups is 1. The molecule has 0 bridgehead atoms. The van der Waals surface area contributed by atoms with Gasteiger partial charge in [0.2, 0.25) is 0 Å². The summed E-state index contributed by atoms with van der Waals surface area (Å²) in [7, 11) is 4.15. The molecule has 4 nitrogen and oxygen atoms in total. The molecule has 2 rings (SSSR count). The first-order chi connectivity index (χ1) is 10.6. The van der Waals surface area contributed by atoms with Gasteiger partial charge >= 0.3 is 0 Å². The fourth-order valence-electron chi connectivity index (χ4n) is 2.40. The van der Waals surface area contributed by atoms with E-state index in [1.807, 2.05) is 0 Å². The Kier molecular flexibility index (Phi) is 5.64. The molecule has 1 aromatic carbocycles. The van der Waals surface area contributed by atoms with Crippen LogP contribution in [0.15, 0.2) is 47.6 Å². The zero-order chi connectivity index (χ0) is 15.9. The lowest BCUT2D eigenvalue weighted by Crippen LogP contribution is -2.38. The van der Waals surface area contributed by atoms with Crippen LogP contribution in [0.2, 0.25) is 0 Å². The molecule has 0 saturated heterocycles. The van der Waals surface area contributed by atoms with Crippen molar-refractivity contribution in [1.82, 2.24) is 14.8 Å². The topological polar surface area (TPSA) is 32.6 Å². The third-order valence-electron chi connectivity index (χ3n) is 3.81. The Labute approximate surface area is 133 Å². The van der Waals surface area contributed by atoms with Gasteiger partial charge in [-0.3, -0.25) is 0 Å². The first-order valence-electron chi connectivity index (χ1n) is 7.76. The van der Waals surface area contributed by atoms with Crippen LogP contribution in [0.4, 0.5) is 0 Å². The van der Waals surface area contributed by atoms with Gasteiger partial charge in [-0.15, -0.1) is 0 Å². The number of aryl methyl sites for hydroxylation is 2. The van der Waals surface area contributed by atoms with Crippen LogP contribution in [0.3, 0.4) is 0 Å². The van der Waals surface area contributed by atoms with Gasteiger partial charge in [0.05, 0.1) is 13.1 Å². The molecule has 4 heteroatoms. The molecule has 2 aromatic rings. The van der Waals surface area contributed by atoms with Crippen molar-refractivity contribution >= 4 is 5.96 Å². The van der Waals surface area contributed by atoms with E-state index in [0.717, 1.165) is 19.0 Å². The minimum absolute atomic E-state index is 0.701. The summed E-state index contributed by atoms with van der Waals surface area (Å²) in [4.78, 5) is 6.94. The van der Waals surface area contributed by atoms with Crippen LogP contribution in [0.1, 0.15) is 23.7 Å². The van der Waals surface area contributed by atoms with Gasteiger partial charge in [0.15, 0.2) is 5.96 Å². The number of aromatic nitrogens is 1. The molecule has 22 heavy (non-hydrogen) atoms. The standard InChI is InChI=1S/C18H26N4/c1-5-19-18(20-13-16-10-7-6-9-15(16)2)22(4)14-17-11-8-12-21(17)3/h6-12H,5,13-14H2,1-4H3,(H,19,20). The quantitative estimate of drug-likeness (QED) is 0.680.